The molecule has 3 rings (SSSR count). The zero-order valence-corrected chi connectivity index (χ0v) is 20.8. The molecule has 8 heteroatoms. The van der Waals surface area contributed by atoms with Crippen LogP contribution in [-0.2, 0) is 32.6 Å². The Balaban J connectivity index is 1.83. The summed E-state index contributed by atoms with van der Waals surface area (Å²) in [6.45, 7) is 2.32. The van der Waals surface area contributed by atoms with Crippen molar-refractivity contribution in [3.05, 3.63) is 102 Å². The van der Waals surface area contributed by atoms with Crippen LogP contribution in [0.3, 0.4) is 0 Å². The predicted octanol–water partition coefficient (Wildman–Crippen LogP) is 3.43. The number of nitrogens with zero attached hydrogens (tertiary/aromatic N) is 1. The van der Waals surface area contributed by atoms with Gasteiger partial charge in [-0.15, -0.1) is 0 Å². The van der Waals surface area contributed by atoms with Crippen LogP contribution < -0.4 is 10.0 Å². The van der Waals surface area contributed by atoms with Crippen LogP contribution in [-0.4, -0.2) is 38.7 Å². The van der Waals surface area contributed by atoms with Gasteiger partial charge >= 0.3 is 0 Å². The van der Waals surface area contributed by atoms with E-state index in [1.165, 1.54) is 12.1 Å². The lowest BCUT2D eigenvalue weighted by Crippen LogP contribution is -2.42. The molecule has 7 nitrogen and oxygen atoms in total. The zero-order valence-electron chi connectivity index (χ0n) is 20.0. The van der Waals surface area contributed by atoms with Crippen molar-refractivity contribution >= 4 is 21.8 Å². The summed E-state index contributed by atoms with van der Waals surface area (Å²) in [5, 5.41) is 2.69. The summed E-state index contributed by atoms with van der Waals surface area (Å²) >= 11 is 0. The number of rotatable bonds is 11. The zero-order chi connectivity index (χ0) is 25.3. The first-order chi connectivity index (χ1) is 16.9. The van der Waals surface area contributed by atoms with E-state index in [0.29, 0.717) is 13.0 Å². The van der Waals surface area contributed by atoms with Crippen LogP contribution in [0.5, 0.6) is 0 Å². The number of carbonyl (C=O) groups is 2. The molecular weight excluding hydrogens is 462 g/mol. The molecule has 0 fully saturated rings. The Hall–Kier alpha value is -3.49. The summed E-state index contributed by atoms with van der Waals surface area (Å²) in [6, 6.07) is 24.5. The first-order valence-electron chi connectivity index (χ1n) is 11.5. The summed E-state index contributed by atoms with van der Waals surface area (Å²) in [7, 11) is -1.97. The second-order valence-corrected chi connectivity index (χ2v) is 9.85. The molecule has 0 saturated carbocycles. The third-order valence-corrected chi connectivity index (χ3v) is 7.19. The number of carbonyl (C=O) groups excluding carboxylic acids is 2. The van der Waals surface area contributed by atoms with Crippen molar-refractivity contribution in [1.29, 1.82) is 0 Å². The maximum atomic E-state index is 13.5. The quantitative estimate of drug-likeness (QED) is 0.428. The van der Waals surface area contributed by atoms with E-state index in [1.54, 1.807) is 31.0 Å². The smallest absolute Gasteiger partial charge is 0.247 e. The minimum Gasteiger partial charge on any atom is -0.357 e. The van der Waals surface area contributed by atoms with Gasteiger partial charge in [0, 0.05) is 26.6 Å². The number of benzene rings is 3. The molecule has 35 heavy (non-hydrogen) atoms. The predicted molar refractivity (Wildman–Crippen MR) is 136 cm³/mol. The third-order valence-electron chi connectivity index (χ3n) is 5.63. The number of hydrogen-bond donors (Lipinski definition) is 2. The molecule has 0 aliphatic heterocycles. The SMILES string of the molecule is CCNS(=O)(=O)c1ccc(CCC(=O)N(Cc2ccccc2)C(C(=O)NC)c2ccccc2)cc1. The molecular formula is C27H31N3O4S. The average molecular weight is 494 g/mol. The molecule has 3 aromatic carbocycles. The van der Waals surface area contributed by atoms with Crippen LogP contribution in [0, 0.1) is 0 Å². The monoisotopic (exact) mass is 493 g/mol. The summed E-state index contributed by atoms with van der Waals surface area (Å²) in [5.74, 6) is -0.436. The van der Waals surface area contributed by atoms with Crippen molar-refractivity contribution in [1.82, 2.24) is 14.9 Å². The normalized spacial score (nSPS) is 12.1. The Bertz CT molecular complexity index is 1210. The largest absolute Gasteiger partial charge is 0.357 e. The molecule has 0 heterocycles. The van der Waals surface area contributed by atoms with E-state index in [2.05, 4.69) is 10.0 Å². The molecule has 184 valence electrons. The highest BCUT2D eigenvalue weighted by molar-refractivity contribution is 7.89. The van der Waals surface area contributed by atoms with Gasteiger partial charge in [0.15, 0.2) is 0 Å². The van der Waals surface area contributed by atoms with Gasteiger partial charge in [-0.25, -0.2) is 13.1 Å². The molecule has 1 atom stereocenters. The van der Waals surface area contributed by atoms with Crippen molar-refractivity contribution in [2.45, 2.75) is 37.2 Å². The van der Waals surface area contributed by atoms with Crippen LogP contribution in [0.25, 0.3) is 0 Å². The number of aryl methyl sites for hydroxylation is 1. The highest BCUT2D eigenvalue weighted by atomic mass is 32.2. The summed E-state index contributed by atoms with van der Waals surface area (Å²) < 4.78 is 26.8. The lowest BCUT2D eigenvalue weighted by atomic mass is 10.0. The second-order valence-electron chi connectivity index (χ2n) is 8.08. The summed E-state index contributed by atoms with van der Waals surface area (Å²) in [4.78, 5) is 28.2. The van der Waals surface area contributed by atoms with Crippen molar-refractivity contribution in [3.8, 4) is 0 Å². The van der Waals surface area contributed by atoms with Gasteiger partial charge < -0.3 is 10.2 Å². The van der Waals surface area contributed by atoms with Crippen molar-refractivity contribution in [3.63, 3.8) is 0 Å². The van der Waals surface area contributed by atoms with Gasteiger partial charge in [-0.1, -0.05) is 79.7 Å². The van der Waals surface area contributed by atoms with Gasteiger partial charge in [0.25, 0.3) is 0 Å². The van der Waals surface area contributed by atoms with Gasteiger partial charge in [0.1, 0.15) is 6.04 Å². The molecule has 0 bridgehead atoms. The van der Waals surface area contributed by atoms with Crippen molar-refractivity contribution in [2.75, 3.05) is 13.6 Å². The standard InChI is InChI=1S/C27H31N3O4S/c1-3-29-35(33,34)24-17-14-21(15-18-24)16-19-25(31)30(20-22-10-6-4-7-11-22)26(27(32)28-2)23-12-8-5-9-13-23/h4-15,17-18,26,29H,3,16,19-20H2,1-2H3,(H,28,32). The lowest BCUT2D eigenvalue weighted by molar-refractivity contribution is -0.141. The Morgan fingerprint density at radius 2 is 1.46 bits per heavy atom. The van der Waals surface area contributed by atoms with E-state index in [4.69, 9.17) is 0 Å². The van der Waals surface area contributed by atoms with Gasteiger partial charge in [-0.2, -0.15) is 0 Å². The van der Waals surface area contributed by atoms with Gasteiger partial charge in [-0.3, -0.25) is 9.59 Å². The van der Waals surface area contributed by atoms with E-state index in [0.717, 1.165) is 16.7 Å². The number of sulfonamides is 1. The molecule has 3 aromatic rings. The van der Waals surface area contributed by atoms with Crippen LogP contribution in [0.1, 0.15) is 36.1 Å². The molecule has 2 amide bonds. The Kier molecular flexibility index (Phi) is 9.17. The van der Waals surface area contributed by atoms with Crippen LogP contribution >= 0.6 is 0 Å². The van der Waals surface area contributed by atoms with Crippen LogP contribution in [0.2, 0.25) is 0 Å². The third kappa shape index (κ3) is 7.00. The number of nitrogens with one attached hydrogen (secondary N) is 2. The van der Waals surface area contributed by atoms with E-state index in [1.807, 2.05) is 60.7 Å². The van der Waals surface area contributed by atoms with Crippen LogP contribution in [0.15, 0.2) is 89.8 Å². The fraction of sp³-hybridized carbons (Fsp3) is 0.259. The van der Waals surface area contributed by atoms with E-state index in [-0.39, 0.29) is 29.7 Å². The second kappa shape index (κ2) is 12.3. The highest BCUT2D eigenvalue weighted by Crippen LogP contribution is 2.25. The van der Waals surface area contributed by atoms with Gasteiger partial charge in [-0.05, 0) is 35.2 Å². The van der Waals surface area contributed by atoms with Gasteiger partial charge in [0.05, 0.1) is 4.90 Å². The molecule has 2 N–H and O–H groups in total. The number of likely N-dealkylation sites (N-methyl/N-ethyl adjacent to an activating group) is 1. The first-order valence-corrected chi connectivity index (χ1v) is 13.0. The Morgan fingerprint density at radius 1 is 0.857 bits per heavy atom. The maximum absolute atomic E-state index is 13.5. The minimum atomic E-state index is -3.53. The van der Waals surface area contributed by atoms with Crippen LogP contribution in [0.4, 0.5) is 0 Å². The molecule has 1 unspecified atom stereocenters. The van der Waals surface area contributed by atoms with Crippen molar-refractivity contribution in [2.24, 2.45) is 0 Å². The molecule has 0 aliphatic carbocycles. The fourth-order valence-corrected chi connectivity index (χ4v) is 4.89. The maximum Gasteiger partial charge on any atom is 0.247 e. The highest BCUT2D eigenvalue weighted by Gasteiger charge is 2.30. The van der Waals surface area contributed by atoms with E-state index in [9.17, 15) is 18.0 Å². The van der Waals surface area contributed by atoms with E-state index >= 15 is 0 Å². The molecule has 0 aromatic heterocycles. The molecule has 0 aliphatic rings. The minimum absolute atomic E-state index is 0.171. The molecule has 0 radical (unpaired) electrons. The molecule has 0 spiro atoms. The topological polar surface area (TPSA) is 95.6 Å². The van der Waals surface area contributed by atoms with Gasteiger partial charge in [0.2, 0.25) is 21.8 Å². The Morgan fingerprint density at radius 3 is 2.03 bits per heavy atom. The fourth-order valence-electron chi connectivity index (χ4n) is 3.85. The molecule has 0 saturated heterocycles. The summed E-state index contributed by atoms with van der Waals surface area (Å²) in [5.41, 5.74) is 2.49. The first kappa shape index (κ1) is 26.1. The average Bonchev–Trinajstić information content (AvgIpc) is 2.88. The number of amides is 2. The lowest BCUT2D eigenvalue weighted by Gasteiger charge is -2.31. The van der Waals surface area contributed by atoms with Crippen molar-refractivity contribution < 1.29 is 18.0 Å². The summed E-state index contributed by atoms with van der Waals surface area (Å²) in [6.07, 6.45) is 0.591. The van der Waals surface area contributed by atoms with E-state index < -0.39 is 16.1 Å². The Labute approximate surface area is 207 Å². The number of hydrogen-bond acceptors (Lipinski definition) is 4.